The molecule has 0 unspecified atom stereocenters. The summed E-state index contributed by atoms with van der Waals surface area (Å²) >= 11 is 0. The molecular weight excluding hydrogens is 214 g/mol. The molecule has 0 saturated heterocycles. The highest BCUT2D eigenvalue weighted by Gasteiger charge is 2.74. The summed E-state index contributed by atoms with van der Waals surface area (Å²) in [6.45, 7) is -5.47. The fraction of sp³-hybridized carbons (Fsp3) is 0.333. The van der Waals surface area contributed by atoms with E-state index < -0.39 is 24.6 Å². The van der Waals surface area contributed by atoms with Crippen LogP contribution in [0, 0.1) is 0 Å². The lowest BCUT2D eigenvalue weighted by Gasteiger charge is -2.11. The minimum absolute atomic E-state index is 0.0618. The third kappa shape index (κ3) is 1.62. The first-order valence-corrected chi connectivity index (χ1v) is 4.48. The molecule has 0 nitrogen and oxygen atoms in total. The van der Waals surface area contributed by atoms with Gasteiger partial charge in [-0.05, 0) is 5.56 Å². The average molecular weight is 221 g/mol. The molecule has 6 heteroatoms. The molecule has 0 amide bonds. The third-order valence-electron chi connectivity index (χ3n) is 2.67. The largest absolute Gasteiger partial charge is 0.488 e. The quantitative estimate of drug-likeness (QED) is 0.528. The monoisotopic (exact) mass is 221 g/mol. The minimum atomic E-state index is -5.47. The van der Waals surface area contributed by atoms with Crippen molar-refractivity contribution in [1.82, 2.24) is 0 Å². The van der Waals surface area contributed by atoms with E-state index in [0.29, 0.717) is 0 Å². The second-order valence-corrected chi connectivity index (χ2v) is 3.71. The van der Waals surface area contributed by atoms with Gasteiger partial charge in [-0.25, -0.2) is 8.78 Å². The van der Waals surface area contributed by atoms with Crippen molar-refractivity contribution in [3.63, 3.8) is 0 Å². The molecule has 0 aliphatic heterocycles. The Bertz CT molecular complexity index is 359. The molecule has 1 aliphatic rings. The summed E-state index contributed by atoms with van der Waals surface area (Å²) in [4.78, 5) is 0. The van der Waals surface area contributed by atoms with Gasteiger partial charge >= 0.3 is 6.98 Å². The molecule has 1 aliphatic carbocycles. The van der Waals surface area contributed by atoms with E-state index in [1.54, 1.807) is 6.07 Å². The molecule has 1 saturated carbocycles. The van der Waals surface area contributed by atoms with Gasteiger partial charge in [0.2, 0.25) is 5.92 Å². The number of alkyl halides is 2. The zero-order valence-corrected chi connectivity index (χ0v) is 7.51. The van der Waals surface area contributed by atoms with Gasteiger partial charge in [0.05, 0.1) is 0 Å². The summed E-state index contributed by atoms with van der Waals surface area (Å²) in [7, 11) is 0. The van der Waals surface area contributed by atoms with Gasteiger partial charge in [-0.3, -0.25) is 0 Å². The van der Waals surface area contributed by atoms with Crippen LogP contribution in [0.1, 0.15) is 11.5 Å². The van der Waals surface area contributed by atoms with E-state index in [1.807, 2.05) is 0 Å². The lowest BCUT2D eigenvalue weighted by Crippen LogP contribution is -2.18. The van der Waals surface area contributed by atoms with Gasteiger partial charge in [0.15, 0.2) is 0 Å². The van der Waals surface area contributed by atoms with Crippen molar-refractivity contribution in [2.75, 3.05) is 0 Å². The van der Waals surface area contributed by atoms with E-state index in [1.165, 1.54) is 24.3 Å². The number of hydrogen-bond donors (Lipinski definition) is 0. The van der Waals surface area contributed by atoms with E-state index in [9.17, 15) is 21.7 Å². The molecule has 2 atom stereocenters. The summed E-state index contributed by atoms with van der Waals surface area (Å²) in [6.07, 6.45) is 0. The molecule has 0 aromatic heterocycles. The average Bonchev–Trinajstić information content (AvgIpc) is 2.70. The topological polar surface area (TPSA) is 0 Å². The van der Waals surface area contributed by atoms with Crippen molar-refractivity contribution in [1.29, 1.82) is 0 Å². The second-order valence-electron chi connectivity index (χ2n) is 3.71. The Labute approximate surface area is 83.2 Å². The van der Waals surface area contributed by atoms with Crippen LogP contribution in [-0.4, -0.2) is 12.9 Å². The Kier molecular flexibility index (Phi) is 2.07. The molecule has 82 valence electrons. The van der Waals surface area contributed by atoms with Crippen molar-refractivity contribution >= 4 is 6.98 Å². The highest BCUT2D eigenvalue weighted by atomic mass is 19.4. The molecule has 0 spiro atoms. The van der Waals surface area contributed by atoms with Gasteiger partial charge in [-0.15, -0.1) is 0 Å². The molecule has 0 radical (unpaired) electrons. The zero-order valence-electron chi connectivity index (χ0n) is 7.51. The smallest absolute Gasteiger partial charge is 0.449 e. The summed E-state index contributed by atoms with van der Waals surface area (Å²) < 4.78 is 62.6. The van der Waals surface area contributed by atoms with Gasteiger partial charge in [0, 0.05) is 11.7 Å². The molecular formula is C9H7BF5-. The second kappa shape index (κ2) is 2.96. The first-order chi connectivity index (χ1) is 6.85. The molecule has 0 bridgehead atoms. The Morgan fingerprint density at radius 1 is 1.00 bits per heavy atom. The van der Waals surface area contributed by atoms with Crippen molar-refractivity contribution in [3.05, 3.63) is 35.9 Å². The Balaban J connectivity index is 2.28. The molecule has 0 heterocycles. The molecule has 2 rings (SSSR count). The third-order valence-corrected chi connectivity index (χ3v) is 2.67. The van der Waals surface area contributed by atoms with E-state index in [-0.39, 0.29) is 5.56 Å². The van der Waals surface area contributed by atoms with Gasteiger partial charge in [-0.1, -0.05) is 30.3 Å². The Hall–Kier alpha value is -1.07. The van der Waals surface area contributed by atoms with Crippen molar-refractivity contribution < 1.29 is 21.7 Å². The SMILES string of the molecule is F[B-](F)(F)[C@@H]1[C@@H](c2ccccc2)C1(F)F. The summed E-state index contributed by atoms with van der Waals surface area (Å²) in [6, 6.07) is 7.12. The van der Waals surface area contributed by atoms with Gasteiger partial charge in [-0.2, -0.15) is 0 Å². The van der Waals surface area contributed by atoms with Crippen LogP contribution in [0.25, 0.3) is 0 Å². The standard InChI is InChI=1S/C9H7BF5/c11-9(12)7(8(9)10(13,14)15)6-4-2-1-3-5-6/h1-5,7-8H/q-1/t7-,8-/m1/s1. The number of rotatable bonds is 2. The van der Waals surface area contributed by atoms with E-state index in [4.69, 9.17) is 0 Å². The maximum atomic E-state index is 12.9. The van der Waals surface area contributed by atoms with Crippen LogP contribution in [0.3, 0.4) is 0 Å². The number of halogens is 5. The maximum Gasteiger partial charge on any atom is 0.488 e. The highest BCUT2D eigenvalue weighted by molar-refractivity contribution is 6.62. The van der Waals surface area contributed by atoms with Gasteiger partial charge < -0.3 is 12.9 Å². The van der Waals surface area contributed by atoms with Gasteiger partial charge in [0.25, 0.3) is 0 Å². The van der Waals surface area contributed by atoms with Crippen LogP contribution < -0.4 is 0 Å². The number of benzene rings is 1. The lowest BCUT2D eigenvalue weighted by molar-refractivity contribution is 0.107. The van der Waals surface area contributed by atoms with Crippen LogP contribution in [0.5, 0.6) is 0 Å². The van der Waals surface area contributed by atoms with Crippen molar-refractivity contribution in [3.8, 4) is 0 Å². The van der Waals surface area contributed by atoms with Gasteiger partial charge in [0.1, 0.15) is 0 Å². The highest BCUT2D eigenvalue weighted by Crippen LogP contribution is 2.70. The molecule has 1 aromatic carbocycles. The molecule has 15 heavy (non-hydrogen) atoms. The predicted octanol–water partition coefficient (Wildman–Crippen LogP) is 3.64. The van der Waals surface area contributed by atoms with Crippen LogP contribution >= 0.6 is 0 Å². The molecule has 1 fully saturated rings. The minimum Gasteiger partial charge on any atom is -0.449 e. The Morgan fingerprint density at radius 3 is 1.93 bits per heavy atom. The Morgan fingerprint density at radius 2 is 1.53 bits per heavy atom. The lowest BCUT2D eigenvalue weighted by atomic mass is 9.80. The fourth-order valence-corrected chi connectivity index (χ4v) is 1.91. The summed E-state index contributed by atoms with van der Waals surface area (Å²) in [5, 5.41) is 0. The van der Waals surface area contributed by atoms with E-state index in [2.05, 4.69) is 0 Å². The predicted molar refractivity (Wildman–Crippen MR) is 47.0 cm³/mol. The van der Waals surface area contributed by atoms with Crippen LogP contribution in [-0.2, 0) is 0 Å². The first-order valence-electron chi connectivity index (χ1n) is 4.48. The van der Waals surface area contributed by atoms with Crippen LogP contribution in [0.2, 0.25) is 5.82 Å². The molecule has 1 aromatic rings. The molecule has 0 N–H and O–H groups in total. The van der Waals surface area contributed by atoms with Crippen LogP contribution in [0.4, 0.5) is 21.7 Å². The summed E-state index contributed by atoms with van der Waals surface area (Å²) in [5.41, 5.74) is 0.0618. The van der Waals surface area contributed by atoms with E-state index >= 15 is 0 Å². The fourth-order valence-electron chi connectivity index (χ4n) is 1.91. The van der Waals surface area contributed by atoms with Crippen molar-refractivity contribution in [2.45, 2.75) is 17.7 Å². The normalized spacial score (nSPS) is 28.9. The number of hydrogen-bond acceptors (Lipinski definition) is 0. The summed E-state index contributed by atoms with van der Waals surface area (Å²) in [5.74, 6) is -7.77. The zero-order chi connectivity index (χ0) is 11.3. The van der Waals surface area contributed by atoms with Crippen molar-refractivity contribution in [2.24, 2.45) is 0 Å². The maximum absolute atomic E-state index is 12.9. The van der Waals surface area contributed by atoms with E-state index in [0.717, 1.165) is 0 Å². The first kappa shape index (κ1) is 10.5. The van der Waals surface area contributed by atoms with Crippen LogP contribution in [0.15, 0.2) is 30.3 Å².